The third-order valence-corrected chi connectivity index (χ3v) is 6.86. The minimum atomic E-state index is -4.94. The zero-order chi connectivity index (χ0) is 24.2. The van der Waals surface area contributed by atoms with Crippen molar-refractivity contribution in [3.05, 3.63) is 70.5 Å². The minimum absolute atomic E-state index is 0.984. The summed E-state index contributed by atoms with van der Waals surface area (Å²) in [6.45, 7) is 11.1. The molecule has 0 amide bonds. The quantitative estimate of drug-likeness (QED) is 0.506. The second-order valence-corrected chi connectivity index (χ2v) is 9.66. The van der Waals surface area contributed by atoms with E-state index in [-0.39, 0.29) is 0 Å². The second kappa shape index (κ2) is 10.9. The molecule has 4 rings (SSSR count). The van der Waals surface area contributed by atoms with E-state index < -0.39 is 10.2 Å². The molecule has 0 aromatic heterocycles. The van der Waals surface area contributed by atoms with Crippen LogP contribution in [0.2, 0.25) is 0 Å². The number of benzene rings is 1. The molecule has 6 nitrogen and oxygen atoms in total. The Bertz CT molecular complexity index is 1070. The lowest BCUT2D eigenvalue weighted by molar-refractivity contribution is -2.00. The van der Waals surface area contributed by atoms with Gasteiger partial charge in [-0.05, 0) is 42.8 Å². The highest BCUT2D eigenvalue weighted by molar-refractivity contribution is 8.03. The van der Waals surface area contributed by atoms with Crippen molar-refractivity contribution < 1.29 is 33.4 Å². The Hall–Kier alpha value is -2.13. The summed E-state index contributed by atoms with van der Waals surface area (Å²) in [5, 5.41) is 1.31. The van der Waals surface area contributed by atoms with Gasteiger partial charge in [-0.2, -0.15) is 4.57 Å². The number of nitrogens with zero attached hydrogens (tertiary/aromatic N) is 2. The number of hydrogen-bond acceptors (Lipinski definition) is 6. The molecule has 0 atom stereocenters. The molecule has 0 saturated carbocycles. The maximum Gasteiger partial charge on any atom is 0.186 e. The smallest absolute Gasteiger partial charge is 0.186 e. The Morgan fingerprint density at radius 1 is 0.909 bits per heavy atom. The van der Waals surface area contributed by atoms with Crippen LogP contribution in [0.3, 0.4) is 0 Å². The maximum absolute atomic E-state index is 8.49. The topological polar surface area (TPSA) is 99.4 Å². The van der Waals surface area contributed by atoms with Gasteiger partial charge in [-0.25, -0.2) is 18.6 Å². The number of fused-ring (bicyclic) bond motifs is 2. The van der Waals surface area contributed by atoms with Crippen LogP contribution in [0.4, 0.5) is 5.69 Å². The lowest BCUT2D eigenvalue weighted by atomic mass is 10.1. The second-order valence-electron chi connectivity index (χ2n) is 7.84. The van der Waals surface area contributed by atoms with E-state index in [1.54, 1.807) is 0 Å². The van der Waals surface area contributed by atoms with Crippen LogP contribution >= 0.6 is 11.8 Å². The number of unbranched alkanes of at least 4 members (excludes halogenated alkanes) is 1. The Kier molecular flexibility index (Phi) is 8.39. The molecule has 1 aromatic carbocycles. The monoisotopic (exact) mass is 488 g/mol. The minimum Gasteiger partial charge on any atom is -0.335 e. The third-order valence-electron chi connectivity index (χ3n) is 5.74. The summed E-state index contributed by atoms with van der Waals surface area (Å²) in [6.07, 6.45) is 4.78. The van der Waals surface area contributed by atoms with Gasteiger partial charge in [-0.3, -0.25) is 0 Å². The van der Waals surface area contributed by atoms with Gasteiger partial charge in [0.25, 0.3) is 0 Å². The molecule has 8 heteroatoms. The van der Waals surface area contributed by atoms with Crippen LogP contribution in [0.15, 0.2) is 58.5 Å². The molecule has 0 saturated heterocycles. The molecule has 1 aliphatic carbocycles. The van der Waals surface area contributed by atoms with E-state index in [0.29, 0.717) is 0 Å². The predicted octanol–water partition coefficient (Wildman–Crippen LogP) is 1.67. The van der Waals surface area contributed by atoms with Crippen LogP contribution < -0.4 is 28.1 Å². The van der Waals surface area contributed by atoms with E-state index in [4.69, 9.17) is 18.6 Å². The van der Waals surface area contributed by atoms with Crippen molar-refractivity contribution in [2.45, 2.75) is 52.0 Å². The number of anilines is 1. The maximum atomic E-state index is 8.49. The number of thioether (sulfide) groups is 1. The average Bonchev–Trinajstić information content (AvgIpc) is 3.10. The van der Waals surface area contributed by atoms with Gasteiger partial charge in [0.05, 0.1) is 21.8 Å². The summed E-state index contributed by atoms with van der Waals surface area (Å²) < 4.78 is 36.5. The Balaban J connectivity index is 0.000000555. The van der Waals surface area contributed by atoms with Gasteiger partial charge >= 0.3 is 0 Å². The first-order valence-electron chi connectivity index (χ1n) is 10.9. The SMILES string of the molecule is CCCC[n+]1c(C)c2ccc(/C=C3/Sc4ccccc4N3CC)ccc-2c1C.[O-][Cl+3]([O-])([O-])[O-]. The molecule has 2 aliphatic heterocycles. The van der Waals surface area contributed by atoms with Crippen molar-refractivity contribution in [3.8, 4) is 11.1 Å². The fraction of sp³-hybridized carbons (Fsp3) is 0.320. The first-order chi connectivity index (χ1) is 15.6. The number of para-hydroxylation sites is 1. The summed E-state index contributed by atoms with van der Waals surface area (Å²) in [7, 11) is -4.94. The average molecular weight is 489 g/mol. The molecular weight excluding hydrogens is 460 g/mol. The summed E-state index contributed by atoms with van der Waals surface area (Å²) >= 11 is 1.87. The van der Waals surface area contributed by atoms with Crippen LogP contribution in [-0.2, 0) is 6.54 Å². The molecule has 0 fully saturated rings. The van der Waals surface area contributed by atoms with Crippen LogP contribution in [-0.4, -0.2) is 6.54 Å². The molecule has 1 aromatic rings. The Labute approximate surface area is 201 Å². The van der Waals surface area contributed by atoms with Gasteiger partial charge in [-0.1, -0.05) is 49.4 Å². The Morgan fingerprint density at radius 3 is 2.03 bits per heavy atom. The van der Waals surface area contributed by atoms with E-state index >= 15 is 0 Å². The van der Waals surface area contributed by atoms with Gasteiger partial charge in [0.15, 0.2) is 11.4 Å². The number of rotatable bonds is 5. The number of aromatic nitrogens is 1. The molecule has 0 radical (unpaired) electrons. The predicted molar refractivity (Wildman–Crippen MR) is 121 cm³/mol. The Morgan fingerprint density at radius 2 is 1.48 bits per heavy atom. The fourth-order valence-corrected chi connectivity index (χ4v) is 5.33. The summed E-state index contributed by atoms with van der Waals surface area (Å²) in [5.41, 5.74) is 8.08. The molecule has 176 valence electrons. The van der Waals surface area contributed by atoms with Crippen molar-refractivity contribution in [2.75, 3.05) is 11.4 Å². The molecule has 0 unspecified atom stereocenters. The molecule has 0 spiro atoms. The first-order valence-corrected chi connectivity index (χ1v) is 13.0. The third kappa shape index (κ3) is 6.26. The largest absolute Gasteiger partial charge is 0.335 e. The van der Waals surface area contributed by atoms with Crippen molar-refractivity contribution in [3.63, 3.8) is 0 Å². The van der Waals surface area contributed by atoms with Crippen molar-refractivity contribution in [1.29, 1.82) is 0 Å². The van der Waals surface area contributed by atoms with Crippen LogP contribution in [0.25, 0.3) is 17.2 Å². The van der Waals surface area contributed by atoms with E-state index in [1.165, 1.54) is 56.5 Å². The molecular formula is C25H29ClN2O4S. The summed E-state index contributed by atoms with van der Waals surface area (Å²) in [5.74, 6) is 0. The molecule has 0 bridgehead atoms. The lowest BCUT2D eigenvalue weighted by Crippen LogP contribution is -2.68. The highest BCUT2D eigenvalue weighted by atomic mass is 35.7. The molecule has 0 N–H and O–H groups in total. The number of hydrogen-bond donors (Lipinski definition) is 0. The highest BCUT2D eigenvalue weighted by Crippen LogP contribution is 2.46. The van der Waals surface area contributed by atoms with E-state index in [0.717, 1.165) is 13.1 Å². The normalized spacial score (nSPS) is 14.4. The van der Waals surface area contributed by atoms with E-state index in [1.807, 2.05) is 11.8 Å². The van der Waals surface area contributed by atoms with Gasteiger partial charge in [0, 0.05) is 31.7 Å². The van der Waals surface area contributed by atoms with E-state index in [2.05, 4.69) is 91.8 Å². The van der Waals surface area contributed by atoms with Gasteiger partial charge < -0.3 is 4.90 Å². The van der Waals surface area contributed by atoms with Crippen LogP contribution in [0.5, 0.6) is 0 Å². The van der Waals surface area contributed by atoms with Gasteiger partial charge in [0.1, 0.15) is 6.54 Å². The molecule has 33 heavy (non-hydrogen) atoms. The van der Waals surface area contributed by atoms with Crippen molar-refractivity contribution >= 4 is 23.5 Å². The lowest BCUT2D eigenvalue weighted by Gasteiger charge is -2.17. The van der Waals surface area contributed by atoms with Crippen LogP contribution in [0.1, 0.15) is 43.6 Å². The molecule has 2 heterocycles. The highest BCUT2D eigenvalue weighted by Gasteiger charge is 2.25. The fourth-order valence-electron chi connectivity index (χ4n) is 4.14. The van der Waals surface area contributed by atoms with Gasteiger partial charge in [-0.15, -0.1) is 10.2 Å². The zero-order valence-corrected chi connectivity index (χ0v) is 20.9. The summed E-state index contributed by atoms with van der Waals surface area (Å²) in [4.78, 5) is 3.75. The molecule has 3 aliphatic rings. The first kappa shape index (κ1) is 25.5. The van der Waals surface area contributed by atoms with Crippen LogP contribution in [0, 0.1) is 24.1 Å². The van der Waals surface area contributed by atoms with Crippen molar-refractivity contribution in [1.82, 2.24) is 0 Å². The van der Waals surface area contributed by atoms with E-state index in [9.17, 15) is 0 Å². The zero-order valence-electron chi connectivity index (χ0n) is 19.3. The standard InChI is InChI=1S/C25H29N2S.ClHO4/c1-5-7-16-27-18(3)21-14-12-20(13-15-22(21)19(27)4)17-25-26(6-2)23-10-8-9-11-24(23)28-25;2-1(3,4)5/h8-15,17H,5-7,16H2,1-4H3;(H,2,3,4,5)/q+1;/p-1. The van der Waals surface area contributed by atoms with Crippen molar-refractivity contribution in [2.24, 2.45) is 0 Å². The summed E-state index contributed by atoms with van der Waals surface area (Å²) in [6, 6.07) is 17.8. The number of halogens is 1. The van der Waals surface area contributed by atoms with Gasteiger partial charge in [0.2, 0.25) is 0 Å².